The van der Waals surface area contributed by atoms with Crippen molar-refractivity contribution >= 4 is 17.7 Å². The standard InChI is InChI=1S/C13H18O3S/c1-9(2)12(13(14)15)17-8-10-5-4-6-11(7-10)16-3/h4-7,9,12H,8H2,1-3H3,(H,14,15). The highest BCUT2D eigenvalue weighted by molar-refractivity contribution is 7.99. The number of methoxy groups -OCH3 is 1. The van der Waals surface area contributed by atoms with Crippen LogP contribution in [-0.2, 0) is 10.5 Å². The Morgan fingerprint density at radius 3 is 2.71 bits per heavy atom. The molecule has 3 nitrogen and oxygen atoms in total. The van der Waals surface area contributed by atoms with E-state index in [9.17, 15) is 4.79 Å². The number of aliphatic carboxylic acids is 1. The number of carboxylic acids is 1. The molecule has 0 aromatic heterocycles. The average molecular weight is 254 g/mol. The van der Waals surface area contributed by atoms with Crippen molar-refractivity contribution in [1.29, 1.82) is 0 Å². The quantitative estimate of drug-likeness (QED) is 0.847. The fourth-order valence-electron chi connectivity index (χ4n) is 1.50. The Kier molecular flexibility index (Phi) is 5.35. The largest absolute Gasteiger partial charge is 0.497 e. The van der Waals surface area contributed by atoms with E-state index in [1.165, 1.54) is 11.8 Å². The first-order valence-corrected chi connectivity index (χ1v) is 6.56. The molecule has 0 saturated heterocycles. The Labute approximate surface area is 106 Å². The number of carbonyl (C=O) groups is 1. The molecule has 0 fully saturated rings. The molecular weight excluding hydrogens is 236 g/mol. The molecule has 0 spiro atoms. The second-order valence-electron chi connectivity index (χ2n) is 4.17. The fourth-order valence-corrected chi connectivity index (χ4v) is 2.58. The maximum atomic E-state index is 11.0. The summed E-state index contributed by atoms with van der Waals surface area (Å²) in [7, 11) is 1.63. The summed E-state index contributed by atoms with van der Waals surface area (Å²) >= 11 is 1.45. The maximum Gasteiger partial charge on any atom is 0.316 e. The molecule has 0 heterocycles. The molecule has 0 aliphatic carbocycles. The Bertz CT molecular complexity index is 377. The molecule has 0 bridgehead atoms. The molecule has 0 amide bonds. The number of rotatable bonds is 6. The first-order valence-electron chi connectivity index (χ1n) is 5.52. The van der Waals surface area contributed by atoms with Crippen LogP contribution in [0.2, 0.25) is 0 Å². The van der Waals surface area contributed by atoms with Crippen LogP contribution in [0, 0.1) is 5.92 Å². The molecule has 0 radical (unpaired) electrons. The third kappa shape index (κ3) is 4.30. The van der Waals surface area contributed by atoms with Crippen LogP contribution >= 0.6 is 11.8 Å². The van der Waals surface area contributed by atoms with Gasteiger partial charge in [0.1, 0.15) is 11.0 Å². The third-order valence-corrected chi connectivity index (χ3v) is 4.02. The van der Waals surface area contributed by atoms with Gasteiger partial charge in [0.05, 0.1) is 7.11 Å². The van der Waals surface area contributed by atoms with Gasteiger partial charge >= 0.3 is 5.97 Å². The van der Waals surface area contributed by atoms with Crippen molar-refractivity contribution in [3.8, 4) is 5.75 Å². The second kappa shape index (κ2) is 6.55. The van der Waals surface area contributed by atoms with E-state index < -0.39 is 5.97 Å². The summed E-state index contributed by atoms with van der Waals surface area (Å²) in [5.74, 6) is 0.877. The molecule has 1 unspecified atom stereocenters. The van der Waals surface area contributed by atoms with Gasteiger partial charge in [-0.05, 0) is 23.6 Å². The van der Waals surface area contributed by atoms with E-state index in [0.717, 1.165) is 11.3 Å². The van der Waals surface area contributed by atoms with Gasteiger partial charge in [-0.2, -0.15) is 0 Å². The third-order valence-electron chi connectivity index (χ3n) is 2.41. The van der Waals surface area contributed by atoms with E-state index in [4.69, 9.17) is 9.84 Å². The monoisotopic (exact) mass is 254 g/mol. The Morgan fingerprint density at radius 1 is 1.47 bits per heavy atom. The van der Waals surface area contributed by atoms with Crippen LogP contribution in [0.3, 0.4) is 0 Å². The molecule has 1 rings (SSSR count). The van der Waals surface area contributed by atoms with Crippen molar-refractivity contribution in [1.82, 2.24) is 0 Å². The minimum Gasteiger partial charge on any atom is -0.497 e. The van der Waals surface area contributed by atoms with Crippen molar-refractivity contribution in [3.05, 3.63) is 29.8 Å². The number of benzene rings is 1. The van der Waals surface area contributed by atoms with Crippen molar-refractivity contribution < 1.29 is 14.6 Å². The molecule has 0 aliphatic rings. The van der Waals surface area contributed by atoms with Gasteiger partial charge < -0.3 is 9.84 Å². The minimum atomic E-state index is -0.743. The summed E-state index contributed by atoms with van der Waals surface area (Å²) < 4.78 is 5.13. The zero-order valence-corrected chi connectivity index (χ0v) is 11.2. The molecule has 1 N–H and O–H groups in total. The number of hydrogen-bond donors (Lipinski definition) is 1. The van der Waals surface area contributed by atoms with Gasteiger partial charge in [-0.1, -0.05) is 26.0 Å². The highest BCUT2D eigenvalue weighted by Crippen LogP contribution is 2.25. The van der Waals surface area contributed by atoms with Crippen molar-refractivity contribution in [2.24, 2.45) is 5.92 Å². The Balaban J connectivity index is 2.62. The zero-order chi connectivity index (χ0) is 12.8. The molecule has 94 valence electrons. The van der Waals surface area contributed by atoms with Gasteiger partial charge in [0.25, 0.3) is 0 Å². The van der Waals surface area contributed by atoms with Gasteiger partial charge in [0.15, 0.2) is 0 Å². The summed E-state index contributed by atoms with van der Waals surface area (Å²) in [4.78, 5) is 11.0. The van der Waals surface area contributed by atoms with Crippen LogP contribution in [-0.4, -0.2) is 23.4 Å². The Hall–Kier alpha value is -1.16. The highest BCUT2D eigenvalue weighted by atomic mass is 32.2. The lowest BCUT2D eigenvalue weighted by Crippen LogP contribution is -2.22. The molecule has 17 heavy (non-hydrogen) atoms. The number of ether oxygens (including phenoxy) is 1. The smallest absolute Gasteiger partial charge is 0.316 e. The molecular formula is C13H18O3S. The van der Waals surface area contributed by atoms with E-state index in [2.05, 4.69) is 0 Å². The van der Waals surface area contributed by atoms with Crippen LogP contribution in [0.15, 0.2) is 24.3 Å². The number of hydrogen-bond acceptors (Lipinski definition) is 3. The molecule has 1 atom stereocenters. The van der Waals surface area contributed by atoms with Gasteiger partial charge in [-0.15, -0.1) is 11.8 Å². The van der Waals surface area contributed by atoms with Crippen LogP contribution in [0.5, 0.6) is 5.75 Å². The second-order valence-corrected chi connectivity index (χ2v) is 5.30. The summed E-state index contributed by atoms with van der Waals surface area (Å²) in [5.41, 5.74) is 1.08. The normalized spacial score (nSPS) is 12.5. The number of thioether (sulfide) groups is 1. The molecule has 1 aromatic rings. The number of carboxylic acid groups (broad SMARTS) is 1. The SMILES string of the molecule is COc1cccc(CSC(C(=O)O)C(C)C)c1. The lowest BCUT2D eigenvalue weighted by atomic mass is 10.1. The first-order chi connectivity index (χ1) is 8.04. The summed E-state index contributed by atoms with van der Waals surface area (Å²) in [6, 6.07) is 7.71. The molecule has 0 aliphatic heterocycles. The maximum absolute atomic E-state index is 11.0. The Morgan fingerprint density at radius 2 is 2.18 bits per heavy atom. The predicted octanol–water partition coefficient (Wildman–Crippen LogP) is 3.04. The molecule has 0 saturated carbocycles. The van der Waals surface area contributed by atoms with Crippen LogP contribution in [0.25, 0.3) is 0 Å². The van der Waals surface area contributed by atoms with E-state index >= 15 is 0 Å². The van der Waals surface area contributed by atoms with E-state index in [1.807, 2.05) is 38.1 Å². The summed E-state index contributed by atoms with van der Waals surface area (Å²) in [5, 5.41) is 8.72. The molecule has 1 aromatic carbocycles. The highest BCUT2D eigenvalue weighted by Gasteiger charge is 2.21. The van der Waals surface area contributed by atoms with E-state index in [-0.39, 0.29) is 11.2 Å². The van der Waals surface area contributed by atoms with E-state index in [0.29, 0.717) is 5.75 Å². The first kappa shape index (κ1) is 13.9. The van der Waals surface area contributed by atoms with Gasteiger partial charge in [0, 0.05) is 5.75 Å². The van der Waals surface area contributed by atoms with Crippen LogP contribution < -0.4 is 4.74 Å². The summed E-state index contributed by atoms with van der Waals surface area (Å²) in [6.07, 6.45) is 0. The van der Waals surface area contributed by atoms with Crippen LogP contribution in [0.4, 0.5) is 0 Å². The fraction of sp³-hybridized carbons (Fsp3) is 0.462. The average Bonchev–Trinajstić information content (AvgIpc) is 2.28. The van der Waals surface area contributed by atoms with Crippen molar-refractivity contribution in [2.45, 2.75) is 24.9 Å². The van der Waals surface area contributed by atoms with E-state index in [1.54, 1.807) is 7.11 Å². The molecule has 4 heteroatoms. The lowest BCUT2D eigenvalue weighted by molar-refractivity contribution is -0.137. The predicted molar refractivity (Wildman–Crippen MR) is 70.6 cm³/mol. The van der Waals surface area contributed by atoms with Crippen molar-refractivity contribution in [3.63, 3.8) is 0 Å². The van der Waals surface area contributed by atoms with Gasteiger partial charge in [-0.25, -0.2) is 0 Å². The van der Waals surface area contributed by atoms with Gasteiger partial charge in [-0.3, -0.25) is 4.79 Å². The van der Waals surface area contributed by atoms with Crippen molar-refractivity contribution in [2.75, 3.05) is 7.11 Å². The summed E-state index contributed by atoms with van der Waals surface area (Å²) in [6.45, 7) is 3.86. The minimum absolute atomic E-state index is 0.128. The van der Waals surface area contributed by atoms with Crippen LogP contribution in [0.1, 0.15) is 19.4 Å². The topological polar surface area (TPSA) is 46.5 Å². The zero-order valence-electron chi connectivity index (χ0n) is 10.3. The lowest BCUT2D eigenvalue weighted by Gasteiger charge is -2.15. The van der Waals surface area contributed by atoms with Gasteiger partial charge in [0.2, 0.25) is 0 Å².